The van der Waals surface area contributed by atoms with Crippen molar-refractivity contribution in [1.82, 2.24) is 10.2 Å². The van der Waals surface area contributed by atoms with E-state index in [1.165, 1.54) is 0 Å². The molecular formula is C5H2ClF3N2O. The van der Waals surface area contributed by atoms with Gasteiger partial charge in [-0.05, 0) is 11.6 Å². The summed E-state index contributed by atoms with van der Waals surface area (Å²) in [6.45, 7) is 0. The number of nitrogens with zero attached hydrogens (tertiary/aromatic N) is 1. The van der Waals surface area contributed by atoms with E-state index in [1.54, 1.807) is 5.10 Å². The summed E-state index contributed by atoms with van der Waals surface area (Å²) in [4.78, 5) is 10.4. The predicted octanol–water partition coefficient (Wildman–Crippen LogP) is 1.81. The van der Waals surface area contributed by atoms with Crippen LogP contribution < -0.4 is 0 Å². The van der Waals surface area contributed by atoms with Gasteiger partial charge in [0.25, 0.3) is 5.24 Å². The molecule has 0 aromatic carbocycles. The third kappa shape index (κ3) is 1.58. The molecule has 0 aliphatic heterocycles. The maximum atomic E-state index is 12.0. The summed E-state index contributed by atoms with van der Waals surface area (Å²) in [6, 6.07) is 0. The van der Waals surface area contributed by atoms with Crippen molar-refractivity contribution < 1.29 is 18.0 Å². The van der Waals surface area contributed by atoms with Crippen LogP contribution in [0.5, 0.6) is 0 Å². The van der Waals surface area contributed by atoms with E-state index >= 15 is 0 Å². The smallest absolute Gasteiger partial charge is 0.275 e. The van der Waals surface area contributed by atoms with Crippen LogP contribution in [0.1, 0.15) is 16.1 Å². The maximum absolute atomic E-state index is 12.0. The third-order valence-corrected chi connectivity index (χ3v) is 1.34. The van der Waals surface area contributed by atoms with Crippen LogP contribution in [0.25, 0.3) is 0 Å². The van der Waals surface area contributed by atoms with Crippen molar-refractivity contribution in [3.8, 4) is 0 Å². The van der Waals surface area contributed by atoms with Crippen LogP contribution >= 0.6 is 11.6 Å². The number of aromatic amines is 1. The number of hydrogen-bond acceptors (Lipinski definition) is 2. The highest BCUT2D eigenvalue weighted by atomic mass is 35.5. The standard InChI is InChI=1S/C5H2ClF3N2O/c6-4(12)2-1-10-11-3(2)5(7,8)9/h1H,(H,10,11). The fourth-order valence-corrected chi connectivity index (χ4v) is 0.795. The van der Waals surface area contributed by atoms with E-state index in [-0.39, 0.29) is 0 Å². The van der Waals surface area contributed by atoms with Gasteiger partial charge in [0.2, 0.25) is 0 Å². The van der Waals surface area contributed by atoms with Gasteiger partial charge in [-0.15, -0.1) is 0 Å². The summed E-state index contributed by atoms with van der Waals surface area (Å²) >= 11 is 4.86. The Morgan fingerprint density at radius 3 is 2.50 bits per heavy atom. The maximum Gasteiger partial charge on any atom is 0.433 e. The molecule has 1 aromatic heterocycles. The highest BCUT2D eigenvalue weighted by Gasteiger charge is 2.37. The quantitative estimate of drug-likeness (QED) is 0.700. The summed E-state index contributed by atoms with van der Waals surface area (Å²) in [6.07, 6.45) is -3.89. The lowest BCUT2D eigenvalue weighted by molar-refractivity contribution is -0.141. The molecule has 0 bridgehead atoms. The molecule has 12 heavy (non-hydrogen) atoms. The fourth-order valence-electron chi connectivity index (χ4n) is 0.651. The number of rotatable bonds is 1. The van der Waals surface area contributed by atoms with Crippen molar-refractivity contribution in [1.29, 1.82) is 0 Å². The van der Waals surface area contributed by atoms with E-state index in [0.29, 0.717) is 0 Å². The molecule has 0 fully saturated rings. The number of halogens is 4. The Morgan fingerprint density at radius 2 is 2.17 bits per heavy atom. The van der Waals surface area contributed by atoms with Crippen LogP contribution in [0, 0.1) is 0 Å². The third-order valence-electron chi connectivity index (χ3n) is 1.13. The number of hydrogen-bond donors (Lipinski definition) is 1. The van der Waals surface area contributed by atoms with Crippen LogP contribution in [0.4, 0.5) is 13.2 Å². The average Bonchev–Trinajstić information content (AvgIpc) is 2.30. The largest absolute Gasteiger partial charge is 0.433 e. The number of alkyl halides is 3. The highest BCUT2D eigenvalue weighted by Crippen LogP contribution is 2.30. The molecule has 0 spiro atoms. The number of carbonyl (C=O) groups excluding carboxylic acids is 1. The van der Waals surface area contributed by atoms with E-state index < -0.39 is 22.7 Å². The molecular weight excluding hydrogens is 197 g/mol. The Balaban J connectivity index is 3.17. The summed E-state index contributed by atoms with van der Waals surface area (Å²) in [5.41, 5.74) is -1.88. The monoisotopic (exact) mass is 198 g/mol. The minimum absolute atomic E-state index is 0.663. The van der Waals surface area contributed by atoms with Crippen LogP contribution in [0.2, 0.25) is 0 Å². The normalized spacial score (nSPS) is 11.7. The minimum atomic E-state index is -4.63. The molecule has 66 valence electrons. The van der Waals surface area contributed by atoms with Gasteiger partial charge in [0, 0.05) is 0 Å². The first-order chi connectivity index (χ1) is 5.43. The molecule has 0 saturated heterocycles. The highest BCUT2D eigenvalue weighted by molar-refractivity contribution is 6.67. The fraction of sp³-hybridized carbons (Fsp3) is 0.200. The van der Waals surface area contributed by atoms with Crippen LogP contribution in [0.15, 0.2) is 6.20 Å². The van der Waals surface area contributed by atoms with Crippen molar-refractivity contribution in [2.75, 3.05) is 0 Å². The second kappa shape index (κ2) is 2.78. The first-order valence-corrected chi connectivity index (χ1v) is 3.11. The summed E-state index contributed by atoms with van der Waals surface area (Å²) < 4.78 is 35.9. The molecule has 1 aromatic rings. The Labute approximate surface area is 69.5 Å². The molecule has 0 atom stereocenters. The van der Waals surface area contributed by atoms with Crippen molar-refractivity contribution in [3.63, 3.8) is 0 Å². The first kappa shape index (κ1) is 9.05. The zero-order valence-electron chi connectivity index (χ0n) is 5.44. The molecule has 0 radical (unpaired) electrons. The van der Waals surface area contributed by atoms with Gasteiger partial charge in [-0.2, -0.15) is 18.3 Å². The van der Waals surface area contributed by atoms with E-state index in [4.69, 9.17) is 11.6 Å². The number of aromatic nitrogens is 2. The Morgan fingerprint density at radius 1 is 1.58 bits per heavy atom. The van der Waals surface area contributed by atoms with E-state index in [1.807, 2.05) is 0 Å². The van der Waals surface area contributed by atoms with Gasteiger partial charge in [0.05, 0.1) is 11.8 Å². The molecule has 0 amide bonds. The molecule has 0 aliphatic rings. The van der Waals surface area contributed by atoms with Gasteiger partial charge in [-0.1, -0.05) is 0 Å². The van der Waals surface area contributed by atoms with Gasteiger partial charge in [-0.3, -0.25) is 9.89 Å². The van der Waals surface area contributed by atoms with E-state index in [9.17, 15) is 18.0 Å². The van der Waals surface area contributed by atoms with Crippen molar-refractivity contribution in [2.45, 2.75) is 6.18 Å². The zero-order valence-corrected chi connectivity index (χ0v) is 6.20. The summed E-state index contributed by atoms with van der Waals surface area (Å²) in [7, 11) is 0. The number of nitrogens with one attached hydrogen (secondary N) is 1. The van der Waals surface area contributed by atoms with Crippen LogP contribution in [-0.4, -0.2) is 15.4 Å². The summed E-state index contributed by atoms with van der Waals surface area (Å²) in [5.74, 6) is 0. The Bertz CT molecular complexity index is 306. The zero-order chi connectivity index (χ0) is 9.35. The van der Waals surface area contributed by atoms with Crippen molar-refractivity contribution in [3.05, 3.63) is 17.5 Å². The lowest BCUT2D eigenvalue weighted by atomic mass is 10.3. The lowest BCUT2D eigenvalue weighted by Gasteiger charge is -2.02. The van der Waals surface area contributed by atoms with Gasteiger partial charge in [0.1, 0.15) is 0 Å². The molecule has 1 rings (SSSR count). The second-order valence-corrected chi connectivity index (χ2v) is 2.27. The number of carbonyl (C=O) groups is 1. The second-order valence-electron chi connectivity index (χ2n) is 1.93. The predicted molar refractivity (Wildman–Crippen MR) is 33.8 cm³/mol. The van der Waals surface area contributed by atoms with Crippen molar-refractivity contribution in [2.24, 2.45) is 0 Å². The number of H-pyrrole nitrogens is 1. The topological polar surface area (TPSA) is 45.8 Å². The van der Waals surface area contributed by atoms with Gasteiger partial charge >= 0.3 is 6.18 Å². The SMILES string of the molecule is O=C(Cl)c1cn[nH]c1C(F)(F)F. The molecule has 1 heterocycles. The van der Waals surface area contributed by atoms with Crippen LogP contribution in [-0.2, 0) is 6.18 Å². The Hall–Kier alpha value is -1.04. The molecule has 7 heteroatoms. The molecule has 0 saturated carbocycles. The molecule has 1 N–H and O–H groups in total. The van der Waals surface area contributed by atoms with Gasteiger partial charge in [-0.25, -0.2) is 0 Å². The molecule has 0 unspecified atom stereocenters. The van der Waals surface area contributed by atoms with Gasteiger partial charge < -0.3 is 0 Å². The summed E-state index contributed by atoms with van der Waals surface area (Å²) in [5, 5.41) is 3.52. The molecule has 3 nitrogen and oxygen atoms in total. The lowest BCUT2D eigenvalue weighted by Crippen LogP contribution is -2.10. The van der Waals surface area contributed by atoms with E-state index in [0.717, 1.165) is 6.20 Å². The molecule has 0 aliphatic carbocycles. The van der Waals surface area contributed by atoms with E-state index in [2.05, 4.69) is 5.10 Å². The first-order valence-electron chi connectivity index (χ1n) is 2.73. The van der Waals surface area contributed by atoms with Crippen LogP contribution in [0.3, 0.4) is 0 Å². The van der Waals surface area contributed by atoms with Gasteiger partial charge in [0.15, 0.2) is 5.69 Å². The minimum Gasteiger partial charge on any atom is -0.275 e. The van der Waals surface area contributed by atoms with Crippen molar-refractivity contribution >= 4 is 16.8 Å². The average molecular weight is 199 g/mol. The Kier molecular flexibility index (Phi) is 2.10.